The van der Waals surface area contributed by atoms with E-state index in [1.165, 1.54) is 16.7 Å². The fraction of sp³-hybridized carbons (Fsp3) is 0.200. The fourth-order valence-electron chi connectivity index (χ4n) is 1.70. The summed E-state index contributed by atoms with van der Waals surface area (Å²) in [5, 5.41) is 0. The Morgan fingerprint density at radius 3 is 2.65 bits per heavy atom. The number of hydrogen-bond donors (Lipinski definition) is 1. The van der Waals surface area contributed by atoms with Crippen molar-refractivity contribution < 1.29 is 13.2 Å². The molecule has 0 spiro atoms. The summed E-state index contributed by atoms with van der Waals surface area (Å²) >= 11 is 4.80. The first-order valence-electron chi connectivity index (χ1n) is 4.67. The van der Waals surface area contributed by atoms with Crippen molar-refractivity contribution in [3.05, 3.63) is 35.3 Å². The molecule has 2 aromatic rings. The minimum Gasteiger partial charge on any atom is -0.388 e. The first-order valence-corrected chi connectivity index (χ1v) is 5.08. The Labute approximate surface area is 100 Å². The van der Waals surface area contributed by atoms with Gasteiger partial charge in [0, 0.05) is 6.20 Å². The highest BCUT2D eigenvalue weighted by Crippen LogP contribution is 2.32. The number of hydrogen-bond acceptors (Lipinski definition) is 2. The summed E-state index contributed by atoms with van der Waals surface area (Å²) in [7, 11) is 0. The molecule has 0 saturated heterocycles. The van der Waals surface area contributed by atoms with E-state index >= 15 is 0 Å². The Hall–Kier alpha value is -1.63. The molecule has 0 unspecified atom stereocenters. The van der Waals surface area contributed by atoms with E-state index in [4.69, 9.17) is 18.0 Å². The standard InChI is InChI=1S/C10H8F3N3S/c1-5-7(8(14)17)16-4-2-3-6(9(16)15-5)10(11,12)13/h2-4H,1H3,(H2,14,17). The van der Waals surface area contributed by atoms with Crippen molar-refractivity contribution in [2.24, 2.45) is 5.73 Å². The number of fused-ring (bicyclic) bond motifs is 1. The quantitative estimate of drug-likeness (QED) is 0.799. The summed E-state index contributed by atoms with van der Waals surface area (Å²) in [6.07, 6.45) is -2.99. The molecule has 2 aromatic heterocycles. The van der Waals surface area contributed by atoms with E-state index < -0.39 is 11.7 Å². The normalized spacial score (nSPS) is 12.0. The van der Waals surface area contributed by atoms with Crippen molar-refractivity contribution in [3.8, 4) is 0 Å². The van der Waals surface area contributed by atoms with E-state index in [2.05, 4.69) is 4.98 Å². The molecule has 2 heterocycles. The molecule has 0 bridgehead atoms. The number of aromatic nitrogens is 2. The van der Waals surface area contributed by atoms with Gasteiger partial charge in [0.05, 0.1) is 11.3 Å². The predicted molar refractivity (Wildman–Crippen MR) is 60.8 cm³/mol. The number of alkyl halides is 3. The molecular formula is C10H8F3N3S. The molecule has 0 aliphatic rings. The Bertz CT molecular complexity index is 601. The second-order valence-electron chi connectivity index (χ2n) is 3.52. The van der Waals surface area contributed by atoms with Crippen molar-refractivity contribution in [2.75, 3.05) is 0 Å². The zero-order valence-electron chi connectivity index (χ0n) is 8.75. The number of nitrogens with two attached hydrogens (primary N) is 1. The average Bonchev–Trinajstić information content (AvgIpc) is 2.51. The maximum atomic E-state index is 12.7. The highest BCUT2D eigenvalue weighted by atomic mass is 32.1. The van der Waals surface area contributed by atoms with Crippen LogP contribution in [0.5, 0.6) is 0 Å². The maximum Gasteiger partial charge on any atom is 0.419 e. The lowest BCUT2D eigenvalue weighted by molar-refractivity contribution is -0.136. The first-order chi connectivity index (χ1) is 7.82. The minimum absolute atomic E-state index is 0.0225. The summed E-state index contributed by atoms with van der Waals surface area (Å²) < 4.78 is 39.5. The molecule has 0 aliphatic carbocycles. The van der Waals surface area contributed by atoms with Crippen molar-refractivity contribution in [2.45, 2.75) is 13.1 Å². The minimum atomic E-state index is -4.45. The van der Waals surface area contributed by atoms with E-state index in [1.807, 2.05) is 0 Å². The highest BCUT2D eigenvalue weighted by molar-refractivity contribution is 7.80. The number of nitrogens with zero attached hydrogens (tertiary/aromatic N) is 2. The predicted octanol–water partition coefficient (Wildman–Crippen LogP) is 2.30. The van der Waals surface area contributed by atoms with Crippen molar-refractivity contribution in [1.82, 2.24) is 9.38 Å². The van der Waals surface area contributed by atoms with Crippen LogP contribution in [0.1, 0.15) is 17.0 Å². The van der Waals surface area contributed by atoms with Crippen LogP contribution in [0.25, 0.3) is 5.65 Å². The number of pyridine rings is 1. The second kappa shape index (κ2) is 3.69. The summed E-state index contributed by atoms with van der Waals surface area (Å²) in [5.41, 5.74) is 5.21. The van der Waals surface area contributed by atoms with E-state index in [-0.39, 0.29) is 10.6 Å². The molecule has 3 nitrogen and oxygen atoms in total. The SMILES string of the molecule is Cc1nc2c(C(F)(F)F)cccn2c1C(N)=S. The lowest BCUT2D eigenvalue weighted by Crippen LogP contribution is -2.14. The Kier molecular flexibility index (Phi) is 2.57. The summed E-state index contributed by atoms with van der Waals surface area (Å²) in [6.45, 7) is 1.57. The fourth-order valence-corrected chi connectivity index (χ4v) is 1.95. The van der Waals surface area contributed by atoms with Gasteiger partial charge >= 0.3 is 6.18 Å². The van der Waals surface area contributed by atoms with Crippen molar-refractivity contribution in [1.29, 1.82) is 0 Å². The average molecular weight is 259 g/mol. The molecular weight excluding hydrogens is 251 g/mol. The van der Waals surface area contributed by atoms with Gasteiger partial charge in [-0.2, -0.15) is 13.2 Å². The van der Waals surface area contributed by atoms with Gasteiger partial charge in [0.1, 0.15) is 16.3 Å². The van der Waals surface area contributed by atoms with Crippen molar-refractivity contribution in [3.63, 3.8) is 0 Å². The number of imidazole rings is 1. The molecule has 0 saturated carbocycles. The van der Waals surface area contributed by atoms with E-state index in [1.54, 1.807) is 6.92 Å². The molecule has 17 heavy (non-hydrogen) atoms. The third-order valence-electron chi connectivity index (χ3n) is 2.36. The molecule has 0 radical (unpaired) electrons. The van der Waals surface area contributed by atoms with Crippen LogP contribution in [-0.2, 0) is 6.18 Å². The van der Waals surface area contributed by atoms with Gasteiger partial charge in [0.2, 0.25) is 0 Å². The van der Waals surface area contributed by atoms with E-state index in [0.29, 0.717) is 11.4 Å². The zero-order valence-corrected chi connectivity index (χ0v) is 9.56. The number of rotatable bonds is 1. The van der Waals surface area contributed by atoms with E-state index in [9.17, 15) is 13.2 Å². The van der Waals surface area contributed by atoms with Crippen LogP contribution >= 0.6 is 12.2 Å². The van der Waals surface area contributed by atoms with Gasteiger partial charge in [-0.15, -0.1) is 0 Å². The Balaban J connectivity index is 2.85. The molecule has 0 amide bonds. The largest absolute Gasteiger partial charge is 0.419 e. The summed E-state index contributed by atoms with van der Waals surface area (Å²) in [4.78, 5) is 3.90. The summed E-state index contributed by atoms with van der Waals surface area (Å²) in [6, 6.07) is 2.27. The van der Waals surface area contributed by atoms with Gasteiger partial charge < -0.3 is 5.73 Å². The number of aryl methyl sites for hydroxylation is 1. The van der Waals surface area contributed by atoms with Crippen LogP contribution in [0.3, 0.4) is 0 Å². The zero-order chi connectivity index (χ0) is 12.8. The van der Waals surface area contributed by atoms with Crippen LogP contribution in [0.15, 0.2) is 18.3 Å². The van der Waals surface area contributed by atoms with Crippen LogP contribution in [0.4, 0.5) is 13.2 Å². The van der Waals surface area contributed by atoms with Crippen LogP contribution in [-0.4, -0.2) is 14.4 Å². The topological polar surface area (TPSA) is 43.3 Å². The maximum absolute atomic E-state index is 12.7. The third-order valence-corrected chi connectivity index (χ3v) is 2.56. The number of thiocarbonyl (C=S) groups is 1. The highest BCUT2D eigenvalue weighted by Gasteiger charge is 2.34. The Morgan fingerprint density at radius 1 is 1.47 bits per heavy atom. The van der Waals surface area contributed by atoms with Gasteiger partial charge in [-0.25, -0.2) is 4.98 Å². The van der Waals surface area contributed by atoms with Gasteiger partial charge in [-0.1, -0.05) is 12.2 Å². The monoisotopic (exact) mass is 259 g/mol. The van der Waals surface area contributed by atoms with Crippen LogP contribution < -0.4 is 5.73 Å². The van der Waals surface area contributed by atoms with Crippen LogP contribution in [0, 0.1) is 6.92 Å². The number of halogens is 3. The van der Waals surface area contributed by atoms with Gasteiger partial charge in [0.15, 0.2) is 0 Å². The molecule has 7 heteroatoms. The molecule has 2 rings (SSSR count). The van der Waals surface area contributed by atoms with Crippen LogP contribution in [0.2, 0.25) is 0 Å². The lowest BCUT2D eigenvalue weighted by Gasteiger charge is -2.08. The Morgan fingerprint density at radius 2 is 2.12 bits per heavy atom. The van der Waals surface area contributed by atoms with Gasteiger partial charge in [-0.3, -0.25) is 4.40 Å². The molecule has 0 aliphatic heterocycles. The van der Waals surface area contributed by atoms with E-state index in [0.717, 1.165) is 6.07 Å². The van der Waals surface area contributed by atoms with Crippen molar-refractivity contribution >= 4 is 22.9 Å². The van der Waals surface area contributed by atoms with Gasteiger partial charge in [0.25, 0.3) is 0 Å². The molecule has 2 N–H and O–H groups in total. The molecule has 0 atom stereocenters. The molecule has 0 aromatic carbocycles. The third kappa shape index (κ3) is 1.86. The first kappa shape index (κ1) is 11.8. The summed E-state index contributed by atoms with van der Waals surface area (Å²) in [5.74, 6) is 0. The second-order valence-corrected chi connectivity index (χ2v) is 3.96. The smallest absolute Gasteiger partial charge is 0.388 e. The molecule has 90 valence electrons. The molecule has 0 fully saturated rings. The van der Waals surface area contributed by atoms with Gasteiger partial charge in [-0.05, 0) is 19.1 Å². The lowest BCUT2D eigenvalue weighted by atomic mass is 10.2.